The number of carbonyl (C=O) groups is 2. The zero-order chi connectivity index (χ0) is 16.1. The third kappa shape index (κ3) is 5.64. The fraction of sp³-hybridized carbons (Fsp3) is 0.882. The van der Waals surface area contributed by atoms with Crippen LogP contribution in [0, 0.1) is 11.8 Å². The van der Waals surface area contributed by atoms with E-state index < -0.39 is 0 Å². The topological polar surface area (TPSA) is 61.4 Å². The first-order valence-corrected chi connectivity index (χ1v) is 8.79. The molecule has 2 fully saturated rings. The van der Waals surface area contributed by atoms with Crippen molar-refractivity contribution in [3.05, 3.63) is 0 Å². The number of halogens is 1. The Labute approximate surface area is 146 Å². The van der Waals surface area contributed by atoms with Crippen LogP contribution >= 0.6 is 12.4 Å². The van der Waals surface area contributed by atoms with Crippen LogP contribution in [0.25, 0.3) is 0 Å². The van der Waals surface area contributed by atoms with E-state index >= 15 is 0 Å². The Hall–Kier alpha value is -0.810. The monoisotopic (exact) mass is 345 g/mol. The molecule has 0 bridgehead atoms. The second-order valence-electron chi connectivity index (χ2n) is 7.27. The van der Waals surface area contributed by atoms with Crippen molar-refractivity contribution in [2.75, 3.05) is 19.6 Å². The number of amides is 2. The van der Waals surface area contributed by atoms with Gasteiger partial charge in [0.1, 0.15) is 6.04 Å². The maximum absolute atomic E-state index is 12.8. The fourth-order valence-electron chi connectivity index (χ4n) is 3.44. The van der Waals surface area contributed by atoms with E-state index in [2.05, 4.69) is 31.4 Å². The molecule has 0 radical (unpaired) electrons. The fourth-order valence-corrected chi connectivity index (χ4v) is 3.44. The van der Waals surface area contributed by atoms with Crippen molar-refractivity contribution in [1.29, 1.82) is 0 Å². The Morgan fingerprint density at radius 3 is 2.74 bits per heavy atom. The number of nitrogens with zero attached hydrogens (tertiary/aromatic N) is 1. The number of hydrogen-bond donors (Lipinski definition) is 2. The molecule has 0 aromatic heterocycles. The molecule has 134 valence electrons. The molecule has 2 amide bonds. The molecule has 3 atom stereocenters. The van der Waals surface area contributed by atoms with Gasteiger partial charge in [0.15, 0.2) is 0 Å². The normalized spacial score (nSPS) is 26.6. The molecule has 0 saturated carbocycles. The molecule has 0 aliphatic carbocycles. The number of nitrogens with one attached hydrogen (secondary N) is 2. The van der Waals surface area contributed by atoms with Crippen molar-refractivity contribution in [3.8, 4) is 0 Å². The average molecular weight is 346 g/mol. The predicted octanol–water partition coefficient (Wildman–Crippen LogP) is 1.95. The summed E-state index contributed by atoms with van der Waals surface area (Å²) in [7, 11) is 0. The van der Waals surface area contributed by atoms with E-state index in [4.69, 9.17) is 0 Å². The van der Waals surface area contributed by atoms with Gasteiger partial charge in [0.2, 0.25) is 11.8 Å². The number of likely N-dealkylation sites (tertiary alicyclic amines) is 1. The predicted molar refractivity (Wildman–Crippen MR) is 94.6 cm³/mol. The summed E-state index contributed by atoms with van der Waals surface area (Å²) in [6.07, 6.45) is 4.38. The highest BCUT2D eigenvalue weighted by molar-refractivity contribution is 5.88. The molecule has 0 aromatic rings. The van der Waals surface area contributed by atoms with E-state index in [1.54, 1.807) is 0 Å². The lowest BCUT2D eigenvalue weighted by Crippen LogP contribution is -2.57. The van der Waals surface area contributed by atoms with Crippen molar-refractivity contribution in [1.82, 2.24) is 15.5 Å². The van der Waals surface area contributed by atoms with Crippen LogP contribution in [0.15, 0.2) is 0 Å². The minimum atomic E-state index is -0.304. The largest absolute Gasteiger partial charge is 0.350 e. The summed E-state index contributed by atoms with van der Waals surface area (Å²) in [6.45, 7) is 8.99. The molecule has 23 heavy (non-hydrogen) atoms. The van der Waals surface area contributed by atoms with E-state index in [1.165, 1.54) is 0 Å². The number of carbonyl (C=O) groups excluding carboxylic acids is 2. The van der Waals surface area contributed by atoms with Crippen LogP contribution in [0.2, 0.25) is 0 Å². The standard InChI is InChI=1S/C17H31N3O2.ClH/c1-12(2)10-15(20-9-5-4-6-16(20)21)17(22)19-14-11-18-8-7-13(14)3;/h12-15,18H,4-11H2,1-3H3,(H,19,22);1H. The van der Waals surface area contributed by atoms with Gasteiger partial charge in [-0.2, -0.15) is 0 Å². The minimum Gasteiger partial charge on any atom is -0.350 e. The summed E-state index contributed by atoms with van der Waals surface area (Å²) in [5.74, 6) is 1.06. The van der Waals surface area contributed by atoms with E-state index in [-0.39, 0.29) is 36.3 Å². The molecule has 0 spiro atoms. The zero-order valence-electron chi connectivity index (χ0n) is 14.6. The van der Waals surface area contributed by atoms with Crippen molar-refractivity contribution in [2.24, 2.45) is 11.8 Å². The number of piperidine rings is 2. The molecule has 2 aliphatic rings. The van der Waals surface area contributed by atoms with E-state index in [0.29, 0.717) is 18.3 Å². The lowest BCUT2D eigenvalue weighted by atomic mass is 9.93. The lowest BCUT2D eigenvalue weighted by molar-refractivity contribution is -0.143. The summed E-state index contributed by atoms with van der Waals surface area (Å²) < 4.78 is 0. The maximum Gasteiger partial charge on any atom is 0.243 e. The Morgan fingerprint density at radius 2 is 2.13 bits per heavy atom. The van der Waals surface area contributed by atoms with Gasteiger partial charge < -0.3 is 15.5 Å². The second kappa shape index (κ2) is 9.48. The van der Waals surface area contributed by atoms with E-state index in [1.807, 2.05) is 4.90 Å². The van der Waals surface area contributed by atoms with E-state index in [9.17, 15) is 9.59 Å². The summed E-state index contributed by atoms with van der Waals surface area (Å²) in [5, 5.41) is 6.54. The summed E-state index contributed by atoms with van der Waals surface area (Å²) in [4.78, 5) is 26.8. The molecule has 2 rings (SSSR count). The minimum absolute atomic E-state index is 0. The molecule has 2 aliphatic heterocycles. The van der Waals surface area contributed by atoms with Gasteiger partial charge in [-0.3, -0.25) is 9.59 Å². The van der Waals surface area contributed by atoms with Gasteiger partial charge in [-0.1, -0.05) is 20.8 Å². The smallest absolute Gasteiger partial charge is 0.243 e. The number of rotatable bonds is 5. The molecule has 2 saturated heterocycles. The van der Waals surface area contributed by atoms with Crippen LogP contribution in [0.3, 0.4) is 0 Å². The first kappa shape index (κ1) is 20.2. The molecule has 0 aromatic carbocycles. The van der Waals surface area contributed by atoms with Crippen LogP contribution < -0.4 is 10.6 Å². The van der Waals surface area contributed by atoms with E-state index in [0.717, 1.165) is 45.3 Å². The zero-order valence-corrected chi connectivity index (χ0v) is 15.5. The maximum atomic E-state index is 12.8. The Bertz CT molecular complexity index is 403. The highest BCUT2D eigenvalue weighted by Crippen LogP contribution is 2.20. The van der Waals surface area contributed by atoms with Crippen LogP contribution in [0.4, 0.5) is 0 Å². The van der Waals surface area contributed by atoms with Crippen molar-refractivity contribution in [2.45, 2.75) is 65.0 Å². The molecule has 6 heteroatoms. The molecule has 5 nitrogen and oxygen atoms in total. The van der Waals surface area contributed by atoms with Gasteiger partial charge in [0.05, 0.1) is 0 Å². The summed E-state index contributed by atoms with van der Waals surface area (Å²) in [6, 6.07) is -0.127. The summed E-state index contributed by atoms with van der Waals surface area (Å²) in [5.41, 5.74) is 0. The van der Waals surface area contributed by atoms with Gasteiger partial charge in [0.25, 0.3) is 0 Å². The molecule has 3 unspecified atom stereocenters. The van der Waals surface area contributed by atoms with Gasteiger partial charge in [0, 0.05) is 25.6 Å². The molecular weight excluding hydrogens is 314 g/mol. The quantitative estimate of drug-likeness (QED) is 0.800. The van der Waals surface area contributed by atoms with Gasteiger partial charge >= 0.3 is 0 Å². The third-order valence-electron chi connectivity index (χ3n) is 4.89. The van der Waals surface area contributed by atoms with Gasteiger partial charge in [-0.15, -0.1) is 12.4 Å². The van der Waals surface area contributed by atoms with Crippen molar-refractivity contribution in [3.63, 3.8) is 0 Å². The van der Waals surface area contributed by atoms with Crippen molar-refractivity contribution >= 4 is 24.2 Å². The first-order chi connectivity index (χ1) is 10.5. The molecule has 2 heterocycles. The summed E-state index contributed by atoms with van der Waals surface area (Å²) >= 11 is 0. The Morgan fingerprint density at radius 1 is 1.39 bits per heavy atom. The Balaban J connectivity index is 0.00000264. The Kier molecular flexibility index (Phi) is 8.34. The average Bonchev–Trinajstić information content (AvgIpc) is 2.48. The SMILES string of the molecule is CC(C)CC(C(=O)NC1CNCCC1C)N1CCCCC1=O.Cl. The van der Waals surface area contributed by atoms with Crippen LogP contribution in [-0.4, -0.2) is 48.4 Å². The molecule has 2 N–H and O–H groups in total. The highest BCUT2D eigenvalue weighted by Gasteiger charge is 2.33. The third-order valence-corrected chi connectivity index (χ3v) is 4.89. The van der Waals surface area contributed by atoms with Crippen LogP contribution in [0.5, 0.6) is 0 Å². The molecular formula is C17H32ClN3O2. The van der Waals surface area contributed by atoms with Crippen LogP contribution in [0.1, 0.15) is 52.9 Å². The number of hydrogen-bond acceptors (Lipinski definition) is 3. The first-order valence-electron chi connectivity index (χ1n) is 8.79. The van der Waals surface area contributed by atoms with Crippen molar-refractivity contribution < 1.29 is 9.59 Å². The lowest BCUT2D eigenvalue weighted by Gasteiger charge is -2.37. The highest BCUT2D eigenvalue weighted by atomic mass is 35.5. The van der Waals surface area contributed by atoms with Gasteiger partial charge in [-0.05, 0) is 44.1 Å². The second-order valence-corrected chi connectivity index (χ2v) is 7.27. The van der Waals surface area contributed by atoms with Gasteiger partial charge in [-0.25, -0.2) is 0 Å². The van der Waals surface area contributed by atoms with Crippen LogP contribution in [-0.2, 0) is 9.59 Å².